The highest BCUT2D eigenvalue weighted by molar-refractivity contribution is 6.03. The number of carbonyl (C=O) groups excluding carboxylic acids is 1. The molecule has 6 nitrogen and oxygen atoms in total. The number of hydrogen-bond donors (Lipinski definition) is 1. The van der Waals surface area contributed by atoms with Crippen LogP contribution in [0.3, 0.4) is 0 Å². The van der Waals surface area contributed by atoms with E-state index in [2.05, 4.69) is 15.3 Å². The van der Waals surface area contributed by atoms with Crippen molar-refractivity contribution >= 4 is 11.6 Å². The van der Waals surface area contributed by atoms with Gasteiger partial charge in [0.1, 0.15) is 24.7 Å². The number of nitrogens with zero attached hydrogens (tertiary/aromatic N) is 2. The average Bonchev–Trinajstić information content (AvgIpc) is 3.39. The standard InChI is InChI=1S/C17H17N3O3/c1-10-8-13(20-16(18-10)11-2-3-11)17(21)19-12-4-5-14-15(9-12)23-7-6-22-14/h4-5,8-9,11H,2-3,6-7H2,1H3,(H,19,21). The number of anilines is 1. The Balaban J connectivity index is 1.55. The summed E-state index contributed by atoms with van der Waals surface area (Å²) in [5, 5.41) is 2.86. The Labute approximate surface area is 133 Å². The van der Waals surface area contributed by atoms with Gasteiger partial charge in [-0.3, -0.25) is 4.79 Å². The van der Waals surface area contributed by atoms with Crippen LogP contribution < -0.4 is 14.8 Å². The van der Waals surface area contributed by atoms with Gasteiger partial charge >= 0.3 is 0 Å². The largest absolute Gasteiger partial charge is 0.486 e. The van der Waals surface area contributed by atoms with Gasteiger partial charge in [-0.1, -0.05) is 0 Å². The van der Waals surface area contributed by atoms with Gasteiger partial charge < -0.3 is 14.8 Å². The Morgan fingerprint density at radius 1 is 1.13 bits per heavy atom. The van der Waals surface area contributed by atoms with Crippen LogP contribution in [0.25, 0.3) is 0 Å². The maximum absolute atomic E-state index is 12.5. The molecule has 6 heteroatoms. The second kappa shape index (κ2) is 5.53. The number of fused-ring (bicyclic) bond motifs is 1. The Morgan fingerprint density at radius 2 is 1.91 bits per heavy atom. The first-order valence-corrected chi connectivity index (χ1v) is 7.75. The SMILES string of the molecule is Cc1cc(C(=O)Nc2ccc3c(c2)OCCO3)nc(C2CC2)n1. The Morgan fingerprint density at radius 3 is 2.70 bits per heavy atom. The fourth-order valence-electron chi connectivity index (χ4n) is 2.55. The zero-order valence-corrected chi connectivity index (χ0v) is 12.8. The normalized spacial score (nSPS) is 16.0. The summed E-state index contributed by atoms with van der Waals surface area (Å²) in [6, 6.07) is 7.06. The second-order valence-electron chi connectivity index (χ2n) is 5.84. The number of nitrogens with one attached hydrogen (secondary N) is 1. The van der Waals surface area contributed by atoms with Crippen LogP contribution >= 0.6 is 0 Å². The van der Waals surface area contributed by atoms with Crippen molar-refractivity contribution in [3.63, 3.8) is 0 Å². The lowest BCUT2D eigenvalue weighted by atomic mass is 10.2. The maximum atomic E-state index is 12.5. The molecule has 1 saturated carbocycles. The molecular weight excluding hydrogens is 294 g/mol. The van der Waals surface area contributed by atoms with Crippen molar-refractivity contribution in [2.24, 2.45) is 0 Å². The minimum atomic E-state index is -0.242. The number of aromatic nitrogens is 2. The summed E-state index contributed by atoms with van der Waals surface area (Å²) >= 11 is 0. The van der Waals surface area contributed by atoms with E-state index in [1.807, 2.05) is 6.92 Å². The number of hydrogen-bond acceptors (Lipinski definition) is 5. The molecule has 1 fully saturated rings. The molecule has 23 heavy (non-hydrogen) atoms. The molecule has 0 unspecified atom stereocenters. The number of ether oxygens (including phenoxy) is 2. The molecule has 0 bridgehead atoms. The summed E-state index contributed by atoms with van der Waals surface area (Å²) in [6.07, 6.45) is 2.21. The molecule has 4 rings (SSSR count). The van der Waals surface area contributed by atoms with E-state index < -0.39 is 0 Å². The van der Waals surface area contributed by atoms with E-state index in [9.17, 15) is 4.79 Å². The molecule has 0 radical (unpaired) electrons. The van der Waals surface area contributed by atoms with Crippen molar-refractivity contribution in [1.29, 1.82) is 0 Å². The van der Waals surface area contributed by atoms with Crippen LogP contribution in [0.5, 0.6) is 11.5 Å². The quantitative estimate of drug-likeness (QED) is 0.943. The third-order valence-electron chi connectivity index (χ3n) is 3.85. The van der Waals surface area contributed by atoms with Crippen molar-refractivity contribution < 1.29 is 14.3 Å². The van der Waals surface area contributed by atoms with Crippen molar-refractivity contribution in [2.75, 3.05) is 18.5 Å². The number of rotatable bonds is 3. The number of aryl methyl sites for hydroxylation is 1. The van der Waals surface area contributed by atoms with Crippen LogP contribution in [0.1, 0.15) is 40.8 Å². The Bertz CT molecular complexity index is 772. The molecule has 118 valence electrons. The molecule has 2 aromatic rings. The first-order valence-electron chi connectivity index (χ1n) is 7.75. The predicted molar refractivity (Wildman–Crippen MR) is 84.1 cm³/mol. The highest BCUT2D eigenvalue weighted by atomic mass is 16.6. The van der Waals surface area contributed by atoms with Gasteiger partial charge in [-0.05, 0) is 38.0 Å². The van der Waals surface area contributed by atoms with Crippen LogP contribution in [0.2, 0.25) is 0 Å². The topological polar surface area (TPSA) is 73.3 Å². The van der Waals surface area contributed by atoms with Gasteiger partial charge in [0.25, 0.3) is 5.91 Å². The monoisotopic (exact) mass is 311 g/mol. The lowest BCUT2D eigenvalue weighted by Crippen LogP contribution is -2.17. The maximum Gasteiger partial charge on any atom is 0.274 e. The molecule has 1 N–H and O–H groups in total. The van der Waals surface area contributed by atoms with Gasteiger partial charge in [0, 0.05) is 23.4 Å². The average molecular weight is 311 g/mol. The van der Waals surface area contributed by atoms with Gasteiger partial charge in [0.15, 0.2) is 11.5 Å². The van der Waals surface area contributed by atoms with E-state index in [0.29, 0.717) is 42.0 Å². The second-order valence-corrected chi connectivity index (χ2v) is 5.84. The van der Waals surface area contributed by atoms with E-state index in [1.165, 1.54) is 0 Å². The van der Waals surface area contributed by atoms with Crippen molar-refractivity contribution in [3.8, 4) is 11.5 Å². The smallest absolute Gasteiger partial charge is 0.274 e. The van der Waals surface area contributed by atoms with Crippen molar-refractivity contribution in [2.45, 2.75) is 25.7 Å². The minimum absolute atomic E-state index is 0.242. The molecular formula is C17H17N3O3. The van der Waals surface area contributed by atoms with E-state index in [4.69, 9.17) is 9.47 Å². The predicted octanol–water partition coefficient (Wildman–Crippen LogP) is 2.69. The summed E-state index contributed by atoms with van der Waals surface area (Å²) in [6.45, 7) is 2.94. The molecule has 1 aliphatic carbocycles. The van der Waals surface area contributed by atoms with Gasteiger partial charge in [0.05, 0.1) is 0 Å². The van der Waals surface area contributed by atoms with E-state index >= 15 is 0 Å². The van der Waals surface area contributed by atoms with Crippen molar-refractivity contribution in [1.82, 2.24) is 9.97 Å². The number of amides is 1. The summed E-state index contributed by atoms with van der Waals surface area (Å²) in [5.41, 5.74) is 1.87. The summed E-state index contributed by atoms with van der Waals surface area (Å²) < 4.78 is 11.0. The molecule has 1 aliphatic heterocycles. The molecule has 0 saturated heterocycles. The van der Waals surface area contributed by atoms with Crippen molar-refractivity contribution in [3.05, 3.63) is 41.5 Å². The van der Waals surface area contributed by atoms with Crippen LogP contribution in [-0.2, 0) is 0 Å². The van der Waals surface area contributed by atoms with E-state index in [0.717, 1.165) is 24.4 Å². The van der Waals surface area contributed by atoms with Crippen LogP contribution in [0.15, 0.2) is 24.3 Å². The third-order valence-corrected chi connectivity index (χ3v) is 3.85. The molecule has 1 aromatic heterocycles. The first-order chi connectivity index (χ1) is 11.2. The molecule has 2 aliphatic rings. The number of benzene rings is 1. The Hall–Kier alpha value is -2.63. The number of carbonyl (C=O) groups is 1. The fourth-order valence-corrected chi connectivity index (χ4v) is 2.55. The van der Waals surface area contributed by atoms with Gasteiger partial charge in [-0.2, -0.15) is 0 Å². The van der Waals surface area contributed by atoms with Crippen LogP contribution in [0, 0.1) is 6.92 Å². The first kappa shape index (κ1) is 14.0. The third kappa shape index (κ3) is 2.97. The molecule has 0 spiro atoms. The Kier molecular flexibility index (Phi) is 3.37. The van der Waals surface area contributed by atoms with Gasteiger partial charge in [-0.25, -0.2) is 9.97 Å². The lowest BCUT2D eigenvalue weighted by molar-refractivity contribution is 0.102. The highest BCUT2D eigenvalue weighted by Gasteiger charge is 2.27. The molecule has 1 amide bonds. The molecule has 2 heterocycles. The van der Waals surface area contributed by atoms with Crippen LogP contribution in [-0.4, -0.2) is 29.1 Å². The van der Waals surface area contributed by atoms with Gasteiger partial charge in [0.2, 0.25) is 0 Å². The molecule has 1 aromatic carbocycles. The summed E-state index contributed by atoms with van der Waals surface area (Å²) in [4.78, 5) is 21.3. The van der Waals surface area contributed by atoms with Gasteiger partial charge in [-0.15, -0.1) is 0 Å². The summed E-state index contributed by atoms with van der Waals surface area (Å²) in [7, 11) is 0. The van der Waals surface area contributed by atoms with Crippen LogP contribution in [0.4, 0.5) is 5.69 Å². The zero-order chi connectivity index (χ0) is 15.8. The molecule has 0 atom stereocenters. The van der Waals surface area contributed by atoms with E-state index in [1.54, 1.807) is 24.3 Å². The summed E-state index contributed by atoms with van der Waals surface area (Å²) in [5.74, 6) is 2.29. The lowest BCUT2D eigenvalue weighted by Gasteiger charge is -2.19. The zero-order valence-electron chi connectivity index (χ0n) is 12.8. The van der Waals surface area contributed by atoms with E-state index in [-0.39, 0.29) is 5.91 Å². The fraction of sp³-hybridized carbons (Fsp3) is 0.353. The highest BCUT2D eigenvalue weighted by Crippen LogP contribution is 2.38. The minimum Gasteiger partial charge on any atom is -0.486 e.